The van der Waals surface area contributed by atoms with Crippen LogP contribution in [0.2, 0.25) is 0 Å². The van der Waals surface area contributed by atoms with Crippen LogP contribution in [-0.2, 0) is 18.6 Å². The maximum atomic E-state index is 13.3. The number of thioether (sulfide) groups is 1. The third kappa shape index (κ3) is 2.95. The van der Waals surface area contributed by atoms with E-state index in [0.717, 1.165) is 5.82 Å². The molecule has 0 spiro atoms. The molecule has 0 aliphatic heterocycles. The molecule has 0 bridgehead atoms. The number of aromatic amines is 1. The van der Waals surface area contributed by atoms with Crippen LogP contribution in [0.4, 0.5) is 4.39 Å². The molecule has 1 heterocycles. The molecule has 3 nitrogen and oxygen atoms in total. The van der Waals surface area contributed by atoms with Crippen LogP contribution < -0.4 is 0 Å². The number of rotatable bonds is 4. The predicted octanol–water partition coefficient (Wildman–Crippen LogP) is 3.05. The summed E-state index contributed by atoms with van der Waals surface area (Å²) >= 11 is 6.63. The van der Waals surface area contributed by atoms with E-state index in [4.69, 9.17) is 12.2 Å². The molecule has 1 aromatic carbocycles. The number of nitrogens with one attached hydrogen (secondary N) is 1. The average Bonchev–Trinajstić information content (AvgIpc) is 2.63. The Morgan fingerprint density at radius 1 is 1.41 bits per heavy atom. The molecule has 2 aromatic rings. The molecule has 90 valence electrons. The van der Waals surface area contributed by atoms with Crippen LogP contribution in [0.25, 0.3) is 0 Å². The zero-order chi connectivity index (χ0) is 12.3. The largest absolute Gasteiger partial charge is 0.307 e. The number of nitrogens with zero attached hydrogens (tertiary/aromatic N) is 2. The minimum Gasteiger partial charge on any atom is -0.307 e. The minimum atomic E-state index is -0.157. The van der Waals surface area contributed by atoms with Crippen molar-refractivity contribution in [2.45, 2.75) is 11.5 Å². The number of benzene rings is 1. The maximum absolute atomic E-state index is 13.3. The molecule has 0 atom stereocenters. The van der Waals surface area contributed by atoms with Gasteiger partial charge in [0.05, 0.1) is 5.75 Å². The van der Waals surface area contributed by atoms with Crippen LogP contribution in [0.1, 0.15) is 11.4 Å². The zero-order valence-corrected chi connectivity index (χ0v) is 10.9. The van der Waals surface area contributed by atoms with Crippen molar-refractivity contribution in [1.82, 2.24) is 14.8 Å². The molecule has 0 radical (unpaired) electrons. The topological polar surface area (TPSA) is 33.6 Å². The fourth-order valence-corrected chi connectivity index (χ4v) is 2.52. The molecule has 0 saturated carbocycles. The van der Waals surface area contributed by atoms with Gasteiger partial charge >= 0.3 is 0 Å². The van der Waals surface area contributed by atoms with Crippen LogP contribution in [0.3, 0.4) is 0 Å². The van der Waals surface area contributed by atoms with Gasteiger partial charge in [-0.2, -0.15) is 5.10 Å². The quantitative estimate of drug-likeness (QED) is 0.866. The third-order valence-corrected chi connectivity index (χ3v) is 3.76. The number of hydrogen-bond acceptors (Lipinski definition) is 3. The Morgan fingerprint density at radius 3 is 2.82 bits per heavy atom. The summed E-state index contributed by atoms with van der Waals surface area (Å²) in [5.41, 5.74) is 0.717. The summed E-state index contributed by atoms with van der Waals surface area (Å²) in [6.45, 7) is 0. The van der Waals surface area contributed by atoms with Crippen molar-refractivity contribution in [2.75, 3.05) is 0 Å². The monoisotopic (exact) mass is 269 g/mol. The van der Waals surface area contributed by atoms with Crippen molar-refractivity contribution >= 4 is 24.0 Å². The normalized spacial score (nSPS) is 10.7. The van der Waals surface area contributed by atoms with Gasteiger partial charge in [-0.25, -0.2) is 4.39 Å². The summed E-state index contributed by atoms with van der Waals surface area (Å²) in [7, 11) is 1.87. The zero-order valence-electron chi connectivity index (χ0n) is 9.31. The van der Waals surface area contributed by atoms with Gasteiger partial charge in [0, 0.05) is 12.8 Å². The number of hydrogen-bond donors (Lipinski definition) is 1. The molecule has 0 fully saturated rings. The Balaban J connectivity index is 1.94. The van der Waals surface area contributed by atoms with Crippen LogP contribution >= 0.6 is 24.0 Å². The maximum Gasteiger partial charge on any atom is 0.194 e. The minimum absolute atomic E-state index is 0.157. The van der Waals surface area contributed by atoms with Crippen molar-refractivity contribution in [3.8, 4) is 0 Å². The van der Waals surface area contributed by atoms with Gasteiger partial charge in [-0.3, -0.25) is 5.10 Å². The van der Waals surface area contributed by atoms with Crippen molar-refractivity contribution in [3.05, 3.63) is 46.2 Å². The fraction of sp³-hybridized carbons (Fsp3) is 0.273. The SMILES string of the molecule is Cn1c(CSCc2ccccc2F)n[nH]c1=S. The van der Waals surface area contributed by atoms with E-state index in [1.165, 1.54) is 6.07 Å². The molecule has 6 heteroatoms. The molecule has 0 aliphatic carbocycles. The highest BCUT2D eigenvalue weighted by Gasteiger charge is 2.04. The van der Waals surface area contributed by atoms with E-state index >= 15 is 0 Å². The van der Waals surface area contributed by atoms with E-state index in [9.17, 15) is 4.39 Å². The first-order chi connectivity index (χ1) is 8.18. The van der Waals surface area contributed by atoms with Crippen molar-refractivity contribution in [1.29, 1.82) is 0 Å². The average molecular weight is 269 g/mol. The van der Waals surface area contributed by atoms with Crippen molar-refractivity contribution in [2.24, 2.45) is 7.05 Å². The van der Waals surface area contributed by atoms with Crippen LogP contribution in [0.5, 0.6) is 0 Å². The summed E-state index contributed by atoms with van der Waals surface area (Å²) < 4.78 is 15.8. The van der Waals surface area contributed by atoms with Gasteiger partial charge < -0.3 is 4.57 Å². The smallest absolute Gasteiger partial charge is 0.194 e. The van der Waals surface area contributed by atoms with Gasteiger partial charge in [0.15, 0.2) is 4.77 Å². The standard InChI is InChI=1S/C11H12FN3S2/c1-15-10(13-14-11(15)16)7-17-6-8-4-2-3-5-9(8)12/h2-5H,6-7H2,1H3,(H,14,16). The Morgan fingerprint density at radius 2 is 2.18 bits per heavy atom. The van der Waals surface area contributed by atoms with Gasteiger partial charge in [-0.05, 0) is 23.8 Å². The first kappa shape index (κ1) is 12.3. The molecule has 0 unspecified atom stereocenters. The predicted molar refractivity (Wildman–Crippen MR) is 69.8 cm³/mol. The highest BCUT2D eigenvalue weighted by atomic mass is 32.2. The van der Waals surface area contributed by atoms with E-state index < -0.39 is 0 Å². The summed E-state index contributed by atoms with van der Waals surface area (Å²) in [4.78, 5) is 0. The highest BCUT2D eigenvalue weighted by Crippen LogP contribution is 2.18. The Kier molecular flexibility index (Phi) is 3.96. The van der Waals surface area contributed by atoms with Crippen molar-refractivity contribution in [3.63, 3.8) is 0 Å². The summed E-state index contributed by atoms with van der Waals surface area (Å²) in [5, 5.41) is 6.83. The van der Waals surface area contributed by atoms with Gasteiger partial charge in [-0.1, -0.05) is 18.2 Å². The summed E-state index contributed by atoms with van der Waals surface area (Å²) in [6.07, 6.45) is 0. The molecular weight excluding hydrogens is 257 g/mol. The molecule has 0 aliphatic rings. The van der Waals surface area contributed by atoms with Crippen molar-refractivity contribution < 1.29 is 4.39 Å². The van der Waals surface area contributed by atoms with E-state index in [2.05, 4.69) is 10.2 Å². The summed E-state index contributed by atoms with van der Waals surface area (Å²) in [6, 6.07) is 6.81. The second kappa shape index (κ2) is 5.46. The molecule has 1 aromatic heterocycles. The second-order valence-electron chi connectivity index (χ2n) is 3.59. The lowest BCUT2D eigenvalue weighted by molar-refractivity contribution is 0.617. The third-order valence-electron chi connectivity index (χ3n) is 2.42. The van der Waals surface area contributed by atoms with E-state index in [1.54, 1.807) is 23.9 Å². The van der Waals surface area contributed by atoms with Crippen LogP contribution in [0, 0.1) is 10.6 Å². The lowest BCUT2D eigenvalue weighted by Gasteiger charge is -2.02. The van der Waals surface area contributed by atoms with Crippen LogP contribution in [-0.4, -0.2) is 14.8 Å². The molecule has 0 amide bonds. The fourth-order valence-electron chi connectivity index (χ4n) is 1.38. The number of aromatic nitrogens is 3. The highest BCUT2D eigenvalue weighted by molar-refractivity contribution is 7.97. The van der Waals surface area contributed by atoms with Gasteiger partial charge in [0.1, 0.15) is 11.6 Å². The lowest BCUT2D eigenvalue weighted by Crippen LogP contribution is -1.96. The van der Waals surface area contributed by atoms with E-state index in [0.29, 0.717) is 21.8 Å². The Bertz CT molecular complexity index is 562. The lowest BCUT2D eigenvalue weighted by atomic mass is 10.2. The molecule has 1 N–H and O–H groups in total. The number of halogens is 1. The second-order valence-corrected chi connectivity index (χ2v) is 4.96. The van der Waals surface area contributed by atoms with Crippen LogP contribution in [0.15, 0.2) is 24.3 Å². The van der Waals surface area contributed by atoms with Gasteiger partial charge in [0.2, 0.25) is 0 Å². The molecule has 17 heavy (non-hydrogen) atoms. The number of H-pyrrole nitrogens is 1. The summed E-state index contributed by atoms with van der Waals surface area (Å²) in [5.74, 6) is 2.05. The molecular formula is C11H12FN3S2. The van der Waals surface area contributed by atoms with Gasteiger partial charge in [-0.15, -0.1) is 11.8 Å². The Labute approximate surface area is 108 Å². The first-order valence-corrected chi connectivity index (χ1v) is 6.66. The molecule has 0 saturated heterocycles. The van der Waals surface area contributed by atoms with E-state index in [1.807, 2.05) is 17.7 Å². The van der Waals surface area contributed by atoms with Gasteiger partial charge in [0.25, 0.3) is 0 Å². The van der Waals surface area contributed by atoms with E-state index in [-0.39, 0.29) is 5.82 Å². The molecule has 2 rings (SSSR count). The Hall–Kier alpha value is -1.14. The first-order valence-electron chi connectivity index (χ1n) is 5.10.